The molecule has 2 aliphatic carbocycles. The van der Waals surface area contributed by atoms with Gasteiger partial charge in [0.15, 0.2) is 17.6 Å². The van der Waals surface area contributed by atoms with Crippen molar-refractivity contribution in [1.82, 2.24) is 0 Å². The van der Waals surface area contributed by atoms with Gasteiger partial charge in [-0.2, -0.15) is 0 Å². The fraction of sp³-hybridized carbons (Fsp3) is 0.538. The summed E-state index contributed by atoms with van der Waals surface area (Å²) in [5.74, 6) is 1.28. The van der Waals surface area contributed by atoms with Gasteiger partial charge in [-0.25, -0.2) is 0 Å². The topological polar surface area (TPSA) is 158 Å². The Morgan fingerprint density at radius 2 is 1.67 bits per heavy atom. The van der Waals surface area contributed by atoms with E-state index in [1.807, 2.05) is 6.07 Å². The number of aliphatic hydroxyl groups is 3. The largest absolute Gasteiger partial charge is 0.508 e. The Bertz CT molecular complexity index is 1730. The number of ether oxygens (including phenoxy) is 4. The van der Waals surface area contributed by atoms with Crippen molar-refractivity contribution in [3.8, 4) is 51.4 Å². The minimum Gasteiger partial charge on any atom is -0.508 e. The normalized spacial score (nSPS) is 26.2. The molecule has 2 heterocycles. The van der Waals surface area contributed by atoms with Gasteiger partial charge in [-0.05, 0) is 85.3 Å². The minimum atomic E-state index is -1.15. The van der Waals surface area contributed by atoms with Crippen LogP contribution in [0.4, 0.5) is 0 Å². The molecule has 0 aromatic heterocycles. The van der Waals surface area contributed by atoms with Gasteiger partial charge in [0, 0.05) is 46.1 Å². The van der Waals surface area contributed by atoms with Gasteiger partial charge in [-0.15, -0.1) is 0 Å². The van der Waals surface area contributed by atoms with Gasteiger partial charge >= 0.3 is 0 Å². The third-order valence-electron chi connectivity index (χ3n) is 11.1. The Morgan fingerprint density at radius 1 is 0.863 bits per heavy atom. The van der Waals surface area contributed by atoms with E-state index in [9.17, 15) is 30.6 Å². The molecule has 7 rings (SSSR count). The molecule has 1 fully saturated rings. The van der Waals surface area contributed by atoms with E-state index in [0.29, 0.717) is 23.2 Å². The summed E-state index contributed by atoms with van der Waals surface area (Å²) in [6.45, 7) is 1.87. The van der Waals surface area contributed by atoms with Crippen LogP contribution < -0.4 is 18.9 Å². The molecule has 6 N–H and O–H groups in total. The fourth-order valence-electron chi connectivity index (χ4n) is 8.53. The second-order valence-electron chi connectivity index (χ2n) is 14.2. The molecular weight excluding hydrogens is 693 g/mol. The van der Waals surface area contributed by atoms with E-state index in [-0.39, 0.29) is 66.2 Å². The summed E-state index contributed by atoms with van der Waals surface area (Å²) in [5.41, 5.74) is 4.41. The van der Waals surface area contributed by atoms with Crippen molar-refractivity contribution in [3.05, 3.63) is 52.6 Å². The smallest absolute Gasteiger partial charge is 0.207 e. The van der Waals surface area contributed by atoms with Crippen LogP contribution in [0.5, 0.6) is 40.2 Å². The SMILES string of the molecule is COc1c(O)c(OC2CCCC2)cc([C@@H]2Oc3cc(OCCO)c4c5c3[C@@H](CSSCC[C@@H](C)CC[C@@H](c3cc(O)ccc3-4)[C@@H]5CO)[C@H]2O)c1O. The van der Waals surface area contributed by atoms with E-state index >= 15 is 0 Å². The highest BCUT2D eigenvalue weighted by Gasteiger charge is 2.47. The number of methoxy groups -OCH3 is 1. The van der Waals surface area contributed by atoms with Crippen LogP contribution in [0, 0.1) is 5.92 Å². The highest BCUT2D eigenvalue weighted by atomic mass is 33.1. The Morgan fingerprint density at radius 3 is 2.41 bits per heavy atom. The van der Waals surface area contributed by atoms with Crippen molar-refractivity contribution >= 4 is 21.6 Å². The predicted molar refractivity (Wildman–Crippen MR) is 198 cm³/mol. The number of phenolic OH excluding ortho intramolecular Hbond substituents is 3. The van der Waals surface area contributed by atoms with Crippen molar-refractivity contribution in [2.75, 3.05) is 38.4 Å². The van der Waals surface area contributed by atoms with Gasteiger partial charge in [0.25, 0.3) is 0 Å². The molecule has 0 radical (unpaired) electrons. The number of rotatable bonds is 8. The lowest BCUT2D eigenvalue weighted by atomic mass is 9.66. The van der Waals surface area contributed by atoms with Gasteiger partial charge in [-0.1, -0.05) is 41.0 Å². The summed E-state index contributed by atoms with van der Waals surface area (Å²) in [5, 5.41) is 66.8. The third kappa shape index (κ3) is 6.78. The minimum absolute atomic E-state index is 0.0170. The van der Waals surface area contributed by atoms with E-state index in [4.69, 9.17) is 18.9 Å². The number of phenols is 3. The zero-order chi connectivity index (χ0) is 35.8. The number of aromatic hydroxyl groups is 3. The van der Waals surface area contributed by atoms with Crippen LogP contribution in [-0.2, 0) is 0 Å². The van der Waals surface area contributed by atoms with E-state index in [1.165, 1.54) is 7.11 Å². The van der Waals surface area contributed by atoms with Crippen molar-refractivity contribution in [2.45, 2.75) is 87.9 Å². The maximum absolute atomic E-state index is 12.4. The molecule has 12 heteroatoms. The summed E-state index contributed by atoms with van der Waals surface area (Å²) in [6, 6.07) is 8.66. The average Bonchev–Trinajstić information content (AvgIpc) is 3.64. The first-order chi connectivity index (χ1) is 24.7. The maximum atomic E-state index is 12.4. The maximum Gasteiger partial charge on any atom is 0.207 e. The van der Waals surface area contributed by atoms with E-state index in [1.54, 1.807) is 45.9 Å². The van der Waals surface area contributed by atoms with Crippen LogP contribution in [0.1, 0.15) is 98.0 Å². The molecule has 1 saturated carbocycles. The Kier molecular flexibility index (Phi) is 11.0. The molecular formula is C39H48O10S2. The molecule has 6 atom stereocenters. The molecule has 0 saturated heterocycles. The first kappa shape index (κ1) is 36.2. The van der Waals surface area contributed by atoms with Crippen molar-refractivity contribution < 1.29 is 49.6 Å². The third-order valence-corrected chi connectivity index (χ3v) is 13.6. The van der Waals surface area contributed by atoms with E-state index in [2.05, 4.69) is 6.92 Å². The first-order valence-corrected chi connectivity index (χ1v) is 20.5. The van der Waals surface area contributed by atoms with Crippen LogP contribution in [0.15, 0.2) is 30.3 Å². The number of aliphatic hydroxyl groups excluding tert-OH is 3. The van der Waals surface area contributed by atoms with Crippen LogP contribution in [0.3, 0.4) is 0 Å². The lowest BCUT2D eigenvalue weighted by Crippen LogP contribution is -2.38. The number of fused-ring (bicyclic) bond motifs is 4. The molecule has 0 spiro atoms. The Labute approximate surface area is 306 Å². The molecule has 10 nitrogen and oxygen atoms in total. The quantitative estimate of drug-likeness (QED) is 0.130. The molecule has 4 aliphatic rings. The Hall–Kier alpha value is -3.16. The molecule has 0 unspecified atom stereocenters. The molecule has 51 heavy (non-hydrogen) atoms. The molecule has 3 aromatic rings. The molecule has 0 amide bonds. The van der Waals surface area contributed by atoms with Crippen LogP contribution >= 0.6 is 21.6 Å². The summed E-state index contributed by atoms with van der Waals surface area (Å²) in [4.78, 5) is 0. The number of hydrogen-bond acceptors (Lipinski definition) is 12. The molecule has 3 aromatic carbocycles. The van der Waals surface area contributed by atoms with Crippen molar-refractivity contribution in [2.24, 2.45) is 5.92 Å². The van der Waals surface area contributed by atoms with Crippen LogP contribution in [-0.4, -0.2) is 81.3 Å². The molecule has 2 bridgehead atoms. The second kappa shape index (κ2) is 15.4. The standard InChI is InChI=1S/C39H48O10S2/c1-20-7-9-23-25-15-21(42)8-10-24(25)32-29(47-13-12-40)17-30-33(34(32)27(23)18-41)28(19-51-50-14-11-20)36(44)38(49-30)26-16-31(48-22-5-3-4-6-22)37(45)39(46-2)35(26)43/h8,10,15-17,20,22-23,27-28,36,38,40-45H,3-7,9,11-14,18-19H2,1-2H3/t20-,23-,27-,28+,36+,38-/m0/s1. The van der Waals surface area contributed by atoms with Gasteiger partial charge in [0.2, 0.25) is 11.5 Å². The molecule has 276 valence electrons. The van der Waals surface area contributed by atoms with Crippen molar-refractivity contribution in [1.29, 1.82) is 0 Å². The average molecular weight is 741 g/mol. The van der Waals surface area contributed by atoms with E-state index < -0.39 is 24.0 Å². The zero-order valence-corrected chi connectivity index (χ0v) is 30.7. The summed E-state index contributed by atoms with van der Waals surface area (Å²) >= 11 is 0. The van der Waals surface area contributed by atoms with Gasteiger partial charge in [0.1, 0.15) is 30.0 Å². The van der Waals surface area contributed by atoms with Gasteiger partial charge < -0.3 is 49.6 Å². The monoisotopic (exact) mass is 740 g/mol. The number of hydrogen-bond donors (Lipinski definition) is 6. The predicted octanol–water partition coefficient (Wildman–Crippen LogP) is 7.12. The number of benzene rings is 3. The highest BCUT2D eigenvalue weighted by Crippen LogP contribution is 2.60. The van der Waals surface area contributed by atoms with Crippen LogP contribution in [0.2, 0.25) is 0 Å². The lowest BCUT2D eigenvalue weighted by molar-refractivity contribution is 0.00255. The van der Waals surface area contributed by atoms with E-state index in [0.717, 1.165) is 78.5 Å². The van der Waals surface area contributed by atoms with Gasteiger partial charge in [0.05, 0.1) is 26.4 Å². The highest BCUT2D eigenvalue weighted by molar-refractivity contribution is 8.76. The second-order valence-corrected chi connectivity index (χ2v) is 16.9. The summed E-state index contributed by atoms with van der Waals surface area (Å²) in [6.07, 6.45) is 4.18. The van der Waals surface area contributed by atoms with Crippen molar-refractivity contribution in [3.63, 3.8) is 0 Å². The summed E-state index contributed by atoms with van der Waals surface area (Å²) < 4.78 is 24.7. The van der Waals surface area contributed by atoms with Crippen LogP contribution in [0.25, 0.3) is 11.1 Å². The molecule has 2 aliphatic heterocycles. The first-order valence-electron chi connectivity index (χ1n) is 18.0. The van der Waals surface area contributed by atoms with Gasteiger partial charge in [-0.3, -0.25) is 0 Å². The summed E-state index contributed by atoms with van der Waals surface area (Å²) in [7, 11) is 4.81. The zero-order valence-electron chi connectivity index (χ0n) is 29.0. The lowest BCUT2D eigenvalue weighted by Gasteiger charge is -2.43. The Balaban J connectivity index is 1.44. The fourth-order valence-corrected chi connectivity index (χ4v) is 11.1.